The predicted molar refractivity (Wildman–Crippen MR) is 85.9 cm³/mol. The Morgan fingerprint density at radius 1 is 1.10 bits per heavy atom. The van der Waals surface area contributed by atoms with Gasteiger partial charge in [0.15, 0.2) is 0 Å². The van der Waals surface area contributed by atoms with Crippen molar-refractivity contribution in [3.63, 3.8) is 0 Å². The Bertz CT molecular complexity index is 372. The zero-order valence-corrected chi connectivity index (χ0v) is 13.2. The Morgan fingerprint density at radius 2 is 1.90 bits per heavy atom. The van der Waals surface area contributed by atoms with Crippen LogP contribution in [-0.2, 0) is 12.8 Å². The Morgan fingerprint density at radius 3 is 2.55 bits per heavy atom. The number of rotatable bonds is 6. The van der Waals surface area contributed by atoms with Gasteiger partial charge in [-0.25, -0.2) is 0 Å². The molecule has 0 bridgehead atoms. The molecule has 0 radical (unpaired) electrons. The molecule has 2 nitrogen and oxygen atoms in total. The summed E-state index contributed by atoms with van der Waals surface area (Å²) in [6, 6.07) is 4.49. The van der Waals surface area contributed by atoms with Crippen molar-refractivity contribution in [2.75, 3.05) is 13.1 Å². The molecule has 2 heteroatoms. The topological polar surface area (TPSA) is 24.9 Å². The largest absolute Gasteiger partial charge is 0.317 e. The predicted octanol–water partition coefficient (Wildman–Crippen LogP) is 3.99. The second kappa shape index (κ2) is 8.41. The molecule has 1 aliphatic rings. The van der Waals surface area contributed by atoms with E-state index in [-0.39, 0.29) is 0 Å². The lowest BCUT2D eigenvalue weighted by molar-refractivity contribution is 0.298. The van der Waals surface area contributed by atoms with E-state index in [0.29, 0.717) is 0 Å². The Hall–Kier alpha value is -0.890. The van der Waals surface area contributed by atoms with E-state index in [1.165, 1.54) is 56.3 Å². The minimum atomic E-state index is 0.816. The van der Waals surface area contributed by atoms with Gasteiger partial charge in [0.2, 0.25) is 0 Å². The van der Waals surface area contributed by atoms with Crippen molar-refractivity contribution >= 4 is 0 Å². The molecule has 1 aromatic rings. The van der Waals surface area contributed by atoms with Gasteiger partial charge in [0.1, 0.15) is 0 Å². The second-order valence-electron chi connectivity index (χ2n) is 6.18. The lowest BCUT2D eigenvalue weighted by atomic mass is 9.84. The van der Waals surface area contributed by atoms with E-state index in [1.807, 2.05) is 0 Å². The normalized spacial score (nSPS) is 23.5. The summed E-state index contributed by atoms with van der Waals surface area (Å²) in [5.74, 6) is 1.65. The van der Waals surface area contributed by atoms with Crippen LogP contribution in [0.1, 0.15) is 57.2 Å². The highest BCUT2D eigenvalue weighted by Crippen LogP contribution is 2.30. The van der Waals surface area contributed by atoms with E-state index in [9.17, 15) is 0 Å². The molecule has 2 unspecified atom stereocenters. The van der Waals surface area contributed by atoms with Crippen molar-refractivity contribution in [3.05, 3.63) is 29.6 Å². The van der Waals surface area contributed by atoms with Crippen LogP contribution in [0.3, 0.4) is 0 Å². The third-order valence-corrected chi connectivity index (χ3v) is 4.74. The molecule has 2 atom stereocenters. The van der Waals surface area contributed by atoms with Gasteiger partial charge >= 0.3 is 0 Å². The number of aromatic nitrogens is 1. The van der Waals surface area contributed by atoms with E-state index >= 15 is 0 Å². The number of nitrogens with one attached hydrogen (secondary N) is 1. The zero-order chi connectivity index (χ0) is 14.2. The molecule has 0 saturated heterocycles. The van der Waals surface area contributed by atoms with Crippen molar-refractivity contribution in [3.8, 4) is 0 Å². The quantitative estimate of drug-likeness (QED) is 0.793. The van der Waals surface area contributed by atoms with Crippen LogP contribution in [0.5, 0.6) is 0 Å². The second-order valence-corrected chi connectivity index (χ2v) is 6.18. The molecule has 0 amide bonds. The molecule has 1 aliphatic carbocycles. The number of hydrogen-bond donors (Lipinski definition) is 1. The molecule has 1 fully saturated rings. The summed E-state index contributed by atoms with van der Waals surface area (Å²) in [6.45, 7) is 6.67. The molecule has 1 aromatic heterocycles. The first-order valence-corrected chi connectivity index (χ1v) is 8.48. The summed E-state index contributed by atoms with van der Waals surface area (Å²) in [6.07, 6.45) is 11.3. The maximum Gasteiger partial charge on any atom is 0.0406 e. The SMILES string of the molecule is CCNCC1CCCCCC1Cc1ccc(CC)cn1. The van der Waals surface area contributed by atoms with Crippen LogP contribution < -0.4 is 5.32 Å². The van der Waals surface area contributed by atoms with Gasteiger partial charge in [0.05, 0.1) is 0 Å². The summed E-state index contributed by atoms with van der Waals surface area (Å²) in [4.78, 5) is 4.67. The highest BCUT2D eigenvalue weighted by Gasteiger charge is 2.23. The van der Waals surface area contributed by atoms with Gasteiger partial charge in [-0.1, -0.05) is 39.2 Å². The molecule has 2 rings (SSSR count). The highest BCUT2D eigenvalue weighted by atomic mass is 14.8. The molecule has 112 valence electrons. The molecule has 1 saturated carbocycles. The lowest BCUT2D eigenvalue weighted by Gasteiger charge is -2.25. The van der Waals surface area contributed by atoms with Crippen LogP contribution in [0.15, 0.2) is 18.3 Å². The van der Waals surface area contributed by atoms with E-state index in [4.69, 9.17) is 0 Å². The summed E-state index contributed by atoms with van der Waals surface area (Å²) >= 11 is 0. The Kier molecular flexibility index (Phi) is 6.52. The molecule has 20 heavy (non-hydrogen) atoms. The summed E-state index contributed by atoms with van der Waals surface area (Å²) in [5.41, 5.74) is 2.63. The van der Waals surface area contributed by atoms with Crippen LogP contribution in [0.2, 0.25) is 0 Å². The summed E-state index contributed by atoms with van der Waals surface area (Å²) < 4.78 is 0. The monoisotopic (exact) mass is 274 g/mol. The number of nitrogens with zero attached hydrogens (tertiary/aromatic N) is 1. The molecular formula is C18H30N2. The molecular weight excluding hydrogens is 244 g/mol. The van der Waals surface area contributed by atoms with Crippen LogP contribution in [0.4, 0.5) is 0 Å². The first-order chi connectivity index (χ1) is 9.83. The summed E-state index contributed by atoms with van der Waals surface area (Å²) in [5, 5.41) is 3.56. The first-order valence-electron chi connectivity index (χ1n) is 8.48. The van der Waals surface area contributed by atoms with Gasteiger partial charge in [0, 0.05) is 11.9 Å². The molecule has 1 heterocycles. The van der Waals surface area contributed by atoms with Crippen molar-refractivity contribution < 1.29 is 0 Å². The maximum atomic E-state index is 4.67. The smallest absolute Gasteiger partial charge is 0.0406 e. The number of pyridine rings is 1. The van der Waals surface area contributed by atoms with E-state index in [0.717, 1.165) is 24.8 Å². The first kappa shape index (κ1) is 15.5. The molecule has 0 spiro atoms. The number of hydrogen-bond acceptors (Lipinski definition) is 2. The third-order valence-electron chi connectivity index (χ3n) is 4.74. The fourth-order valence-corrected chi connectivity index (χ4v) is 3.38. The zero-order valence-electron chi connectivity index (χ0n) is 13.2. The van der Waals surface area contributed by atoms with Gasteiger partial charge in [-0.05, 0) is 62.2 Å². The maximum absolute atomic E-state index is 4.67. The van der Waals surface area contributed by atoms with Gasteiger partial charge in [0.25, 0.3) is 0 Å². The average molecular weight is 274 g/mol. The van der Waals surface area contributed by atoms with E-state index in [1.54, 1.807) is 0 Å². The minimum Gasteiger partial charge on any atom is -0.317 e. The van der Waals surface area contributed by atoms with Gasteiger partial charge in [-0.3, -0.25) is 4.98 Å². The fourth-order valence-electron chi connectivity index (χ4n) is 3.38. The Balaban J connectivity index is 1.98. The van der Waals surface area contributed by atoms with Crippen molar-refractivity contribution in [1.82, 2.24) is 10.3 Å². The standard InChI is InChI=1S/C18H30N2/c1-3-15-10-11-18(20-13-15)12-16-8-6-5-7-9-17(16)14-19-4-2/h10-11,13,16-17,19H,3-9,12,14H2,1-2H3. The summed E-state index contributed by atoms with van der Waals surface area (Å²) in [7, 11) is 0. The fraction of sp³-hybridized carbons (Fsp3) is 0.722. The van der Waals surface area contributed by atoms with Crippen molar-refractivity contribution in [2.24, 2.45) is 11.8 Å². The van der Waals surface area contributed by atoms with Gasteiger partial charge < -0.3 is 5.32 Å². The molecule has 0 aromatic carbocycles. The Labute approximate surface area is 124 Å². The minimum absolute atomic E-state index is 0.816. The van der Waals surface area contributed by atoms with E-state index < -0.39 is 0 Å². The van der Waals surface area contributed by atoms with Crippen LogP contribution >= 0.6 is 0 Å². The third kappa shape index (κ3) is 4.59. The van der Waals surface area contributed by atoms with Crippen LogP contribution in [0.25, 0.3) is 0 Å². The highest BCUT2D eigenvalue weighted by molar-refractivity contribution is 5.14. The average Bonchev–Trinajstić information content (AvgIpc) is 2.71. The van der Waals surface area contributed by atoms with Crippen LogP contribution in [0, 0.1) is 11.8 Å². The van der Waals surface area contributed by atoms with Gasteiger partial charge in [-0.15, -0.1) is 0 Å². The van der Waals surface area contributed by atoms with Crippen molar-refractivity contribution in [2.45, 2.75) is 58.8 Å². The van der Waals surface area contributed by atoms with Crippen molar-refractivity contribution in [1.29, 1.82) is 0 Å². The molecule has 0 aliphatic heterocycles. The van der Waals surface area contributed by atoms with Crippen LogP contribution in [-0.4, -0.2) is 18.1 Å². The number of aryl methyl sites for hydroxylation is 1. The van der Waals surface area contributed by atoms with E-state index in [2.05, 4.69) is 42.5 Å². The lowest BCUT2D eigenvalue weighted by Crippen LogP contribution is -2.29. The van der Waals surface area contributed by atoms with Gasteiger partial charge in [-0.2, -0.15) is 0 Å². The molecule has 1 N–H and O–H groups in total.